The Morgan fingerprint density at radius 1 is 1.16 bits per heavy atom. The van der Waals surface area contributed by atoms with Crippen molar-refractivity contribution in [1.29, 1.82) is 0 Å². The van der Waals surface area contributed by atoms with E-state index < -0.39 is 16.2 Å². The standard InChI is InChI=1S/C16H11N3O5S/c20-7-6-17-15(21)10-2-1-3-12-14(10)18(16(17)22)11-5-4-9(19(23)24)8-13(11)25-12/h1-5,8,20H,6-7H2. The SMILES string of the molecule is O=c1c2cccc3c2n(c(=O)n1CCO)-c1ccc([N+](=O)[O-])cc1S3. The van der Waals surface area contributed by atoms with Crippen LogP contribution in [-0.2, 0) is 6.54 Å². The van der Waals surface area contributed by atoms with Crippen LogP contribution in [0, 0.1) is 10.1 Å². The number of nitro benzene ring substituents is 1. The molecule has 0 saturated carbocycles. The third-order valence-electron chi connectivity index (χ3n) is 4.06. The van der Waals surface area contributed by atoms with Crippen LogP contribution in [0.5, 0.6) is 0 Å². The molecule has 2 aromatic carbocycles. The van der Waals surface area contributed by atoms with Crippen LogP contribution in [0.2, 0.25) is 0 Å². The Hall–Kier alpha value is -2.91. The van der Waals surface area contributed by atoms with Gasteiger partial charge in [0.2, 0.25) is 0 Å². The molecule has 1 aliphatic rings. The van der Waals surface area contributed by atoms with E-state index in [1.165, 1.54) is 34.5 Å². The molecule has 0 spiro atoms. The van der Waals surface area contributed by atoms with Crippen LogP contribution in [0.3, 0.4) is 0 Å². The van der Waals surface area contributed by atoms with E-state index in [4.69, 9.17) is 0 Å². The van der Waals surface area contributed by atoms with Gasteiger partial charge in [-0.1, -0.05) is 17.8 Å². The molecule has 8 nitrogen and oxygen atoms in total. The Balaban J connectivity index is 2.16. The highest BCUT2D eigenvalue weighted by Gasteiger charge is 2.25. The largest absolute Gasteiger partial charge is 0.395 e. The molecule has 1 N–H and O–H groups in total. The van der Waals surface area contributed by atoms with Gasteiger partial charge in [-0.15, -0.1) is 0 Å². The molecular formula is C16H11N3O5S. The molecule has 0 amide bonds. The van der Waals surface area contributed by atoms with Crippen LogP contribution in [-0.4, -0.2) is 25.8 Å². The van der Waals surface area contributed by atoms with Gasteiger partial charge >= 0.3 is 5.69 Å². The van der Waals surface area contributed by atoms with Gasteiger partial charge in [0.15, 0.2) is 0 Å². The summed E-state index contributed by atoms with van der Waals surface area (Å²) in [7, 11) is 0. The number of aliphatic hydroxyl groups is 1. The summed E-state index contributed by atoms with van der Waals surface area (Å²) in [6.45, 7) is -0.463. The minimum absolute atomic E-state index is 0.0707. The van der Waals surface area contributed by atoms with Crippen molar-refractivity contribution in [3.05, 3.63) is 67.4 Å². The molecule has 2 heterocycles. The summed E-state index contributed by atoms with van der Waals surface area (Å²) in [4.78, 5) is 37.2. The number of aromatic nitrogens is 2. The van der Waals surface area contributed by atoms with E-state index in [0.717, 1.165) is 4.57 Å². The van der Waals surface area contributed by atoms with E-state index in [9.17, 15) is 24.8 Å². The minimum atomic E-state index is -0.575. The topological polar surface area (TPSA) is 107 Å². The van der Waals surface area contributed by atoms with Gasteiger partial charge in [-0.2, -0.15) is 0 Å². The highest BCUT2D eigenvalue weighted by Crippen LogP contribution is 2.42. The fraction of sp³-hybridized carbons (Fsp3) is 0.125. The van der Waals surface area contributed by atoms with Crippen molar-refractivity contribution in [2.45, 2.75) is 16.3 Å². The summed E-state index contributed by atoms with van der Waals surface area (Å²) >= 11 is 1.28. The molecule has 1 aromatic heterocycles. The van der Waals surface area contributed by atoms with Gasteiger partial charge < -0.3 is 5.11 Å². The van der Waals surface area contributed by atoms with Crippen LogP contribution in [0.4, 0.5) is 5.69 Å². The van der Waals surface area contributed by atoms with E-state index in [-0.39, 0.29) is 18.8 Å². The zero-order valence-corrected chi connectivity index (χ0v) is 13.5. The molecule has 4 rings (SSSR count). The summed E-state index contributed by atoms with van der Waals surface area (Å²) in [5.74, 6) is 0. The number of hydrogen-bond acceptors (Lipinski definition) is 6. The van der Waals surface area contributed by atoms with E-state index >= 15 is 0 Å². The third kappa shape index (κ3) is 2.20. The average Bonchev–Trinajstić information content (AvgIpc) is 2.61. The van der Waals surface area contributed by atoms with Crippen molar-refractivity contribution in [1.82, 2.24) is 9.13 Å². The Morgan fingerprint density at radius 2 is 1.96 bits per heavy atom. The van der Waals surface area contributed by atoms with E-state index in [2.05, 4.69) is 0 Å². The van der Waals surface area contributed by atoms with Gasteiger partial charge in [-0.25, -0.2) is 4.79 Å². The van der Waals surface area contributed by atoms with Crippen molar-refractivity contribution in [2.75, 3.05) is 6.61 Å². The van der Waals surface area contributed by atoms with Gasteiger partial charge in [-0.3, -0.25) is 24.0 Å². The van der Waals surface area contributed by atoms with Crippen molar-refractivity contribution < 1.29 is 10.0 Å². The lowest BCUT2D eigenvalue weighted by molar-refractivity contribution is -0.385. The number of rotatable bonds is 3. The molecule has 0 unspecified atom stereocenters. The zero-order valence-electron chi connectivity index (χ0n) is 12.7. The molecule has 0 radical (unpaired) electrons. The molecule has 0 fully saturated rings. The van der Waals surface area contributed by atoms with E-state index in [1.807, 2.05) is 0 Å². The lowest BCUT2D eigenvalue weighted by Gasteiger charge is -2.22. The Bertz CT molecular complexity index is 1160. The number of fused-ring (bicyclic) bond motifs is 2. The lowest BCUT2D eigenvalue weighted by atomic mass is 10.2. The molecule has 0 atom stereocenters. The van der Waals surface area contributed by atoms with Crippen LogP contribution >= 0.6 is 11.8 Å². The van der Waals surface area contributed by atoms with Crippen molar-refractivity contribution in [3.63, 3.8) is 0 Å². The van der Waals surface area contributed by atoms with Crippen molar-refractivity contribution >= 4 is 28.4 Å². The van der Waals surface area contributed by atoms with Gasteiger partial charge in [0, 0.05) is 21.9 Å². The minimum Gasteiger partial charge on any atom is -0.395 e. The fourth-order valence-corrected chi connectivity index (χ4v) is 4.10. The molecule has 0 saturated heterocycles. The summed E-state index contributed by atoms with van der Waals surface area (Å²) in [6.07, 6.45) is 0. The molecule has 0 aliphatic carbocycles. The normalized spacial score (nSPS) is 12.2. The molecule has 9 heteroatoms. The lowest BCUT2D eigenvalue weighted by Crippen LogP contribution is -2.41. The summed E-state index contributed by atoms with van der Waals surface area (Å²) in [5, 5.41) is 20.6. The second kappa shape index (κ2) is 5.57. The summed E-state index contributed by atoms with van der Waals surface area (Å²) in [5.41, 5.74) is -0.139. The third-order valence-corrected chi connectivity index (χ3v) is 5.16. The predicted octanol–water partition coefficient (Wildman–Crippen LogP) is 1.52. The van der Waals surface area contributed by atoms with Crippen LogP contribution in [0.15, 0.2) is 55.8 Å². The molecule has 3 aromatic rings. The van der Waals surface area contributed by atoms with Crippen LogP contribution in [0.25, 0.3) is 16.6 Å². The predicted molar refractivity (Wildman–Crippen MR) is 91.7 cm³/mol. The number of para-hydroxylation sites is 1. The smallest absolute Gasteiger partial charge is 0.336 e. The van der Waals surface area contributed by atoms with Crippen LogP contribution in [0.1, 0.15) is 0 Å². The Kier molecular flexibility index (Phi) is 3.48. The van der Waals surface area contributed by atoms with Crippen LogP contribution < -0.4 is 11.2 Å². The summed E-state index contributed by atoms with van der Waals surface area (Å²) < 4.78 is 2.37. The number of nitro groups is 1. The first kappa shape index (κ1) is 15.6. The second-order valence-corrected chi connectivity index (χ2v) is 6.55. The van der Waals surface area contributed by atoms with Crippen molar-refractivity contribution in [2.24, 2.45) is 0 Å². The fourth-order valence-electron chi connectivity index (χ4n) is 2.98. The Labute approximate surface area is 144 Å². The molecule has 25 heavy (non-hydrogen) atoms. The van der Waals surface area contributed by atoms with Gasteiger partial charge in [0.05, 0.1) is 34.7 Å². The van der Waals surface area contributed by atoms with E-state index in [0.29, 0.717) is 26.4 Å². The number of benzene rings is 2. The average molecular weight is 357 g/mol. The number of non-ortho nitro benzene ring substituents is 1. The first-order valence-electron chi connectivity index (χ1n) is 7.39. The van der Waals surface area contributed by atoms with Crippen molar-refractivity contribution in [3.8, 4) is 5.69 Å². The highest BCUT2D eigenvalue weighted by molar-refractivity contribution is 7.99. The van der Waals surface area contributed by atoms with Gasteiger partial charge in [-0.05, 0) is 18.2 Å². The van der Waals surface area contributed by atoms with Gasteiger partial charge in [0.1, 0.15) is 0 Å². The summed E-state index contributed by atoms with van der Waals surface area (Å²) in [6, 6.07) is 9.34. The molecule has 126 valence electrons. The second-order valence-electron chi connectivity index (χ2n) is 5.46. The zero-order chi connectivity index (χ0) is 17.7. The van der Waals surface area contributed by atoms with Gasteiger partial charge in [0.25, 0.3) is 11.2 Å². The first-order valence-corrected chi connectivity index (χ1v) is 8.20. The number of nitrogens with zero attached hydrogens (tertiary/aromatic N) is 3. The number of aliphatic hydroxyl groups excluding tert-OH is 1. The maximum Gasteiger partial charge on any atom is 0.336 e. The molecular weight excluding hydrogens is 346 g/mol. The Morgan fingerprint density at radius 3 is 2.68 bits per heavy atom. The maximum atomic E-state index is 12.9. The monoisotopic (exact) mass is 357 g/mol. The highest BCUT2D eigenvalue weighted by atomic mass is 32.2. The first-order chi connectivity index (χ1) is 12.0. The maximum absolute atomic E-state index is 12.9. The quantitative estimate of drug-likeness (QED) is 0.440. The number of hydrogen-bond donors (Lipinski definition) is 1. The van der Waals surface area contributed by atoms with E-state index in [1.54, 1.807) is 18.2 Å². The molecule has 0 bridgehead atoms. The molecule has 1 aliphatic heterocycles.